The van der Waals surface area contributed by atoms with Gasteiger partial charge in [-0.2, -0.15) is 4.65 Å². The van der Waals surface area contributed by atoms with Crippen LogP contribution in [0.2, 0.25) is 0 Å². The van der Waals surface area contributed by atoms with Gasteiger partial charge in [-0.05, 0) is 56.9 Å². The molecular formula is C27H45N2O4+. The van der Waals surface area contributed by atoms with E-state index >= 15 is 0 Å². The van der Waals surface area contributed by atoms with E-state index in [0.717, 1.165) is 56.9 Å². The highest BCUT2D eigenvalue weighted by Gasteiger charge is 2.43. The molecule has 1 aliphatic heterocycles. The van der Waals surface area contributed by atoms with Crippen molar-refractivity contribution in [1.82, 2.24) is 0 Å². The standard InChI is InChI=1S/C27H45N2O4/c1-3-32-27(30)24-14-16-25(17-15-24)28-18-20-29(21-19-28,26-12-8-7-9-13-26)33-23-11-6-4-5-10-22-31-2/h14-17,26H,3-13,18-23H2,1-2H3/q+1. The summed E-state index contributed by atoms with van der Waals surface area (Å²) in [6.07, 6.45) is 12.7. The first-order chi connectivity index (χ1) is 16.2. The van der Waals surface area contributed by atoms with E-state index < -0.39 is 0 Å². The number of rotatable bonds is 13. The number of hydrogen-bond donors (Lipinski definition) is 0. The number of carbonyl (C=O) groups excluding carboxylic acids is 1. The smallest absolute Gasteiger partial charge is 0.338 e. The van der Waals surface area contributed by atoms with Crippen LogP contribution in [0.25, 0.3) is 0 Å². The average Bonchev–Trinajstić information content (AvgIpc) is 2.87. The third-order valence-electron chi connectivity index (χ3n) is 7.32. The van der Waals surface area contributed by atoms with Crippen molar-refractivity contribution in [2.45, 2.75) is 77.2 Å². The molecule has 0 unspecified atom stereocenters. The monoisotopic (exact) mass is 461 g/mol. The number of quaternary nitrogens is 1. The van der Waals surface area contributed by atoms with Crippen molar-refractivity contribution in [2.75, 3.05) is 58.0 Å². The topological polar surface area (TPSA) is 48.0 Å². The fourth-order valence-corrected chi connectivity index (χ4v) is 5.36. The van der Waals surface area contributed by atoms with Gasteiger partial charge in [0.2, 0.25) is 0 Å². The van der Waals surface area contributed by atoms with Crippen molar-refractivity contribution in [2.24, 2.45) is 0 Å². The normalized spacial score (nSPS) is 18.9. The van der Waals surface area contributed by atoms with Crippen LogP contribution in [-0.2, 0) is 14.3 Å². The molecule has 2 aliphatic rings. The maximum absolute atomic E-state index is 11.9. The molecule has 3 rings (SSSR count). The van der Waals surface area contributed by atoms with Crippen LogP contribution in [0.5, 0.6) is 0 Å². The Kier molecular flexibility index (Phi) is 11.0. The summed E-state index contributed by atoms with van der Waals surface area (Å²) in [6, 6.07) is 8.52. The molecule has 6 nitrogen and oxygen atoms in total. The quantitative estimate of drug-likeness (QED) is 0.225. The Morgan fingerprint density at radius 1 is 0.939 bits per heavy atom. The molecule has 1 aliphatic carbocycles. The number of anilines is 1. The minimum Gasteiger partial charge on any atom is -0.462 e. The second-order valence-electron chi connectivity index (χ2n) is 9.54. The molecule has 0 atom stereocenters. The van der Waals surface area contributed by atoms with Crippen molar-refractivity contribution in [3.63, 3.8) is 0 Å². The number of methoxy groups -OCH3 is 1. The van der Waals surface area contributed by atoms with E-state index in [2.05, 4.69) is 17.0 Å². The molecule has 186 valence electrons. The van der Waals surface area contributed by atoms with Crippen LogP contribution in [0.3, 0.4) is 0 Å². The van der Waals surface area contributed by atoms with Gasteiger partial charge in [-0.15, -0.1) is 0 Å². The van der Waals surface area contributed by atoms with Crippen molar-refractivity contribution in [3.05, 3.63) is 29.8 Å². The Morgan fingerprint density at radius 3 is 2.21 bits per heavy atom. The summed E-state index contributed by atoms with van der Waals surface area (Å²) in [5.41, 5.74) is 1.80. The van der Waals surface area contributed by atoms with Crippen LogP contribution in [0, 0.1) is 0 Å². The number of unbranched alkanes of at least 4 members (excludes halogenated alkanes) is 4. The van der Waals surface area contributed by atoms with Gasteiger partial charge in [-0.25, -0.2) is 9.63 Å². The average molecular weight is 462 g/mol. The highest BCUT2D eigenvalue weighted by molar-refractivity contribution is 5.89. The van der Waals surface area contributed by atoms with E-state index in [4.69, 9.17) is 14.3 Å². The summed E-state index contributed by atoms with van der Waals surface area (Å²) in [6.45, 7) is 8.05. The molecule has 1 aromatic rings. The van der Waals surface area contributed by atoms with E-state index in [1.54, 1.807) is 7.11 Å². The molecule has 1 aromatic carbocycles. The van der Waals surface area contributed by atoms with Crippen molar-refractivity contribution < 1.29 is 23.8 Å². The molecule has 1 heterocycles. The number of carbonyl (C=O) groups is 1. The van der Waals surface area contributed by atoms with E-state index in [1.165, 1.54) is 57.1 Å². The molecule has 0 amide bonds. The number of ether oxygens (including phenoxy) is 2. The van der Waals surface area contributed by atoms with Gasteiger partial charge in [0, 0.05) is 32.2 Å². The van der Waals surface area contributed by atoms with Gasteiger partial charge in [-0.1, -0.05) is 25.7 Å². The number of esters is 1. The lowest BCUT2D eigenvalue weighted by atomic mass is 9.93. The number of hydroxylamine groups is 3. The van der Waals surface area contributed by atoms with E-state index in [9.17, 15) is 4.79 Å². The van der Waals surface area contributed by atoms with Gasteiger partial charge in [0.15, 0.2) is 0 Å². The number of benzene rings is 1. The Morgan fingerprint density at radius 2 is 1.58 bits per heavy atom. The summed E-state index contributed by atoms with van der Waals surface area (Å²) in [4.78, 5) is 21.1. The maximum Gasteiger partial charge on any atom is 0.338 e. The van der Waals surface area contributed by atoms with Gasteiger partial charge < -0.3 is 14.4 Å². The van der Waals surface area contributed by atoms with Gasteiger partial charge >= 0.3 is 5.97 Å². The second-order valence-corrected chi connectivity index (χ2v) is 9.54. The van der Waals surface area contributed by atoms with Gasteiger partial charge in [-0.3, -0.25) is 0 Å². The van der Waals surface area contributed by atoms with Gasteiger partial charge in [0.05, 0.1) is 25.3 Å². The summed E-state index contributed by atoms with van der Waals surface area (Å²) in [5.74, 6) is -0.247. The number of nitrogens with zero attached hydrogens (tertiary/aromatic N) is 2. The lowest BCUT2D eigenvalue weighted by Gasteiger charge is -2.48. The second kappa shape index (κ2) is 13.9. The molecular weight excluding hydrogens is 416 g/mol. The SMILES string of the molecule is CCOC(=O)c1ccc(N2CC[N+](OCCCCCCCOC)(C3CCCCC3)CC2)cc1. The largest absolute Gasteiger partial charge is 0.462 e. The molecule has 6 heteroatoms. The minimum atomic E-state index is -0.247. The van der Waals surface area contributed by atoms with Crippen LogP contribution in [0.1, 0.15) is 81.5 Å². The Balaban J connectivity index is 1.52. The van der Waals surface area contributed by atoms with Crippen LogP contribution < -0.4 is 4.90 Å². The van der Waals surface area contributed by atoms with Crippen LogP contribution in [0.4, 0.5) is 5.69 Å². The Hall–Kier alpha value is -1.63. The molecule has 0 bridgehead atoms. The molecule has 0 N–H and O–H groups in total. The van der Waals surface area contributed by atoms with E-state index in [1.807, 2.05) is 19.1 Å². The first kappa shape index (κ1) is 26.0. The van der Waals surface area contributed by atoms with Crippen molar-refractivity contribution >= 4 is 11.7 Å². The van der Waals surface area contributed by atoms with Gasteiger partial charge in [0.1, 0.15) is 25.7 Å². The molecule has 1 saturated heterocycles. The maximum atomic E-state index is 11.9. The fraction of sp³-hybridized carbons (Fsp3) is 0.741. The first-order valence-corrected chi connectivity index (χ1v) is 13.2. The van der Waals surface area contributed by atoms with Crippen molar-refractivity contribution in [1.29, 1.82) is 0 Å². The molecule has 0 aromatic heterocycles. The Bertz CT molecular complexity index is 680. The predicted molar refractivity (Wildman–Crippen MR) is 132 cm³/mol. The molecule has 1 saturated carbocycles. The lowest BCUT2D eigenvalue weighted by molar-refractivity contribution is -1.12. The highest BCUT2D eigenvalue weighted by atomic mass is 16.7. The van der Waals surface area contributed by atoms with E-state index in [0.29, 0.717) is 18.2 Å². The van der Waals surface area contributed by atoms with Crippen LogP contribution in [0.15, 0.2) is 24.3 Å². The van der Waals surface area contributed by atoms with Crippen molar-refractivity contribution in [3.8, 4) is 0 Å². The minimum absolute atomic E-state index is 0.247. The molecule has 33 heavy (non-hydrogen) atoms. The number of piperazine rings is 1. The number of hydrogen-bond acceptors (Lipinski definition) is 5. The molecule has 0 radical (unpaired) electrons. The third kappa shape index (κ3) is 7.69. The van der Waals surface area contributed by atoms with Crippen LogP contribution >= 0.6 is 0 Å². The lowest BCUT2D eigenvalue weighted by Crippen LogP contribution is -2.64. The summed E-state index contributed by atoms with van der Waals surface area (Å²) >= 11 is 0. The highest BCUT2D eigenvalue weighted by Crippen LogP contribution is 2.32. The first-order valence-electron chi connectivity index (χ1n) is 13.2. The van der Waals surface area contributed by atoms with Gasteiger partial charge in [0.25, 0.3) is 0 Å². The zero-order valence-electron chi connectivity index (χ0n) is 20.9. The van der Waals surface area contributed by atoms with E-state index in [-0.39, 0.29) is 5.97 Å². The predicted octanol–water partition coefficient (Wildman–Crippen LogP) is 5.36. The Labute approximate surface area is 200 Å². The molecule has 0 spiro atoms. The zero-order valence-corrected chi connectivity index (χ0v) is 20.9. The zero-order chi connectivity index (χ0) is 23.4. The third-order valence-corrected chi connectivity index (χ3v) is 7.32. The summed E-state index contributed by atoms with van der Waals surface area (Å²) in [7, 11) is 1.78. The fourth-order valence-electron chi connectivity index (χ4n) is 5.36. The molecule has 2 fully saturated rings. The van der Waals surface area contributed by atoms with Crippen LogP contribution in [-0.4, -0.2) is 69.8 Å². The summed E-state index contributed by atoms with van der Waals surface area (Å²) in [5, 5.41) is 0. The summed E-state index contributed by atoms with van der Waals surface area (Å²) < 4.78 is 11.1.